The average molecular weight is 223 g/mol. The molecule has 0 saturated heterocycles. The summed E-state index contributed by atoms with van der Waals surface area (Å²) in [7, 11) is 1.92. The molecule has 16 heavy (non-hydrogen) atoms. The second-order valence-electron chi connectivity index (χ2n) is 3.90. The molecule has 1 N–H and O–H groups in total. The van der Waals surface area contributed by atoms with E-state index in [4.69, 9.17) is 9.52 Å². The van der Waals surface area contributed by atoms with Crippen LogP contribution in [-0.4, -0.2) is 29.6 Å². The maximum atomic E-state index is 10.6. The summed E-state index contributed by atoms with van der Waals surface area (Å²) < 4.78 is 5.43. The van der Waals surface area contributed by atoms with Gasteiger partial charge in [-0.15, -0.1) is 0 Å². The molecule has 88 valence electrons. The fraction of sp³-hybridized carbons (Fsp3) is 0.417. The predicted molar refractivity (Wildman–Crippen MR) is 61.2 cm³/mol. The zero-order chi connectivity index (χ0) is 12.1. The first-order valence-corrected chi connectivity index (χ1v) is 5.13. The van der Waals surface area contributed by atoms with Crippen molar-refractivity contribution < 1.29 is 14.3 Å². The van der Waals surface area contributed by atoms with E-state index >= 15 is 0 Å². The van der Waals surface area contributed by atoms with Crippen LogP contribution in [0.1, 0.15) is 18.4 Å². The fourth-order valence-corrected chi connectivity index (χ4v) is 1.28. The van der Waals surface area contributed by atoms with Crippen LogP contribution in [0, 0.1) is 6.92 Å². The Bertz CT molecular complexity index is 393. The van der Waals surface area contributed by atoms with Crippen molar-refractivity contribution in [3.05, 3.63) is 35.3 Å². The first kappa shape index (κ1) is 12.5. The SMILES string of the molecule is CC(=CCN(C)Cc1ccc(C)o1)C(=O)O. The van der Waals surface area contributed by atoms with Gasteiger partial charge in [0.15, 0.2) is 0 Å². The molecular formula is C12H17NO3. The number of rotatable bonds is 5. The number of carboxylic acid groups (broad SMARTS) is 1. The Kier molecular flexibility index (Phi) is 4.31. The van der Waals surface area contributed by atoms with Gasteiger partial charge in [0.2, 0.25) is 0 Å². The highest BCUT2D eigenvalue weighted by Gasteiger charge is 2.04. The number of furan rings is 1. The molecule has 4 nitrogen and oxygen atoms in total. The molecule has 0 saturated carbocycles. The van der Waals surface area contributed by atoms with Crippen LogP contribution < -0.4 is 0 Å². The molecule has 1 aromatic rings. The van der Waals surface area contributed by atoms with Crippen molar-refractivity contribution in [3.8, 4) is 0 Å². The van der Waals surface area contributed by atoms with Crippen LogP contribution in [0.15, 0.2) is 28.2 Å². The molecule has 0 aliphatic rings. The van der Waals surface area contributed by atoms with Gasteiger partial charge in [-0.3, -0.25) is 4.90 Å². The topological polar surface area (TPSA) is 53.7 Å². The van der Waals surface area contributed by atoms with E-state index in [0.717, 1.165) is 11.5 Å². The van der Waals surface area contributed by atoms with Gasteiger partial charge >= 0.3 is 5.97 Å². The number of carbonyl (C=O) groups is 1. The highest BCUT2D eigenvalue weighted by molar-refractivity contribution is 5.85. The van der Waals surface area contributed by atoms with Crippen molar-refractivity contribution in [3.63, 3.8) is 0 Å². The number of nitrogens with zero attached hydrogens (tertiary/aromatic N) is 1. The Morgan fingerprint density at radius 3 is 2.75 bits per heavy atom. The van der Waals surface area contributed by atoms with Crippen molar-refractivity contribution in [1.82, 2.24) is 4.90 Å². The zero-order valence-corrected chi connectivity index (χ0v) is 9.86. The number of aliphatic carboxylic acids is 1. The average Bonchev–Trinajstić information content (AvgIpc) is 2.60. The van der Waals surface area contributed by atoms with E-state index in [0.29, 0.717) is 18.7 Å². The zero-order valence-electron chi connectivity index (χ0n) is 9.86. The van der Waals surface area contributed by atoms with Crippen molar-refractivity contribution in [2.45, 2.75) is 20.4 Å². The van der Waals surface area contributed by atoms with Gasteiger partial charge in [0.05, 0.1) is 6.54 Å². The summed E-state index contributed by atoms with van der Waals surface area (Å²) in [4.78, 5) is 12.6. The van der Waals surface area contributed by atoms with E-state index < -0.39 is 5.97 Å². The molecule has 0 aliphatic carbocycles. The van der Waals surface area contributed by atoms with E-state index in [9.17, 15) is 4.79 Å². The second kappa shape index (κ2) is 5.51. The smallest absolute Gasteiger partial charge is 0.330 e. The standard InChI is InChI=1S/C12H17NO3/c1-9(12(14)15)6-7-13(3)8-11-5-4-10(2)16-11/h4-6H,7-8H2,1-3H3,(H,14,15). The summed E-state index contributed by atoms with van der Waals surface area (Å²) in [6.07, 6.45) is 1.69. The van der Waals surface area contributed by atoms with Crippen LogP contribution >= 0.6 is 0 Å². The predicted octanol–water partition coefficient (Wildman–Crippen LogP) is 2.05. The van der Waals surface area contributed by atoms with E-state index in [2.05, 4.69) is 0 Å². The lowest BCUT2D eigenvalue weighted by Crippen LogP contribution is -2.18. The van der Waals surface area contributed by atoms with Crippen LogP contribution in [0.25, 0.3) is 0 Å². The molecule has 0 spiro atoms. The molecule has 0 radical (unpaired) electrons. The summed E-state index contributed by atoms with van der Waals surface area (Å²) >= 11 is 0. The first-order chi connectivity index (χ1) is 7.49. The molecule has 0 aliphatic heterocycles. The fourth-order valence-electron chi connectivity index (χ4n) is 1.28. The summed E-state index contributed by atoms with van der Waals surface area (Å²) in [6, 6.07) is 3.85. The van der Waals surface area contributed by atoms with Crippen LogP contribution in [0.2, 0.25) is 0 Å². The Hall–Kier alpha value is -1.55. The molecule has 0 aromatic carbocycles. The van der Waals surface area contributed by atoms with E-state index in [1.165, 1.54) is 0 Å². The highest BCUT2D eigenvalue weighted by atomic mass is 16.4. The number of aryl methyl sites for hydroxylation is 1. The molecule has 0 fully saturated rings. The van der Waals surface area contributed by atoms with Crippen molar-refractivity contribution in [2.24, 2.45) is 0 Å². The van der Waals surface area contributed by atoms with Crippen molar-refractivity contribution in [2.75, 3.05) is 13.6 Å². The third kappa shape index (κ3) is 3.90. The monoisotopic (exact) mass is 223 g/mol. The van der Waals surface area contributed by atoms with E-state index in [1.807, 2.05) is 31.0 Å². The number of carboxylic acids is 1. The summed E-state index contributed by atoms with van der Waals surface area (Å²) in [5, 5.41) is 8.68. The Balaban J connectivity index is 2.45. The molecular weight excluding hydrogens is 206 g/mol. The minimum atomic E-state index is -0.873. The molecule has 1 rings (SSSR count). The maximum Gasteiger partial charge on any atom is 0.330 e. The van der Waals surface area contributed by atoms with Gasteiger partial charge in [0.25, 0.3) is 0 Å². The molecule has 1 aromatic heterocycles. The second-order valence-corrected chi connectivity index (χ2v) is 3.90. The maximum absolute atomic E-state index is 10.6. The minimum absolute atomic E-state index is 0.363. The normalized spacial score (nSPS) is 12.1. The third-order valence-corrected chi connectivity index (χ3v) is 2.27. The van der Waals surface area contributed by atoms with Gasteiger partial charge in [-0.05, 0) is 33.0 Å². The molecule has 4 heteroatoms. The Labute approximate surface area is 95.2 Å². The van der Waals surface area contributed by atoms with Crippen LogP contribution in [0.5, 0.6) is 0 Å². The molecule has 0 bridgehead atoms. The van der Waals surface area contributed by atoms with Gasteiger partial charge in [0.1, 0.15) is 11.5 Å². The molecule has 1 heterocycles. The largest absolute Gasteiger partial charge is 0.478 e. The van der Waals surface area contributed by atoms with E-state index in [-0.39, 0.29) is 0 Å². The van der Waals surface area contributed by atoms with Gasteiger partial charge in [-0.25, -0.2) is 4.79 Å². The quantitative estimate of drug-likeness (QED) is 0.776. The van der Waals surface area contributed by atoms with Crippen molar-refractivity contribution >= 4 is 5.97 Å². The van der Waals surface area contributed by atoms with Gasteiger partial charge < -0.3 is 9.52 Å². The van der Waals surface area contributed by atoms with Crippen molar-refractivity contribution in [1.29, 1.82) is 0 Å². The summed E-state index contributed by atoms with van der Waals surface area (Å²) in [5.41, 5.74) is 0.363. The minimum Gasteiger partial charge on any atom is -0.478 e. The first-order valence-electron chi connectivity index (χ1n) is 5.13. The molecule has 0 atom stereocenters. The summed E-state index contributed by atoms with van der Waals surface area (Å²) in [5.74, 6) is 0.907. The lowest BCUT2D eigenvalue weighted by Gasteiger charge is -2.12. The Morgan fingerprint density at radius 1 is 1.56 bits per heavy atom. The number of hydrogen-bond donors (Lipinski definition) is 1. The highest BCUT2D eigenvalue weighted by Crippen LogP contribution is 2.08. The summed E-state index contributed by atoms with van der Waals surface area (Å²) in [6.45, 7) is 4.76. The van der Waals surface area contributed by atoms with Gasteiger partial charge in [-0.1, -0.05) is 6.08 Å². The van der Waals surface area contributed by atoms with E-state index in [1.54, 1.807) is 13.0 Å². The van der Waals surface area contributed by atoms with Crippen LogP contribution in [-0.2, 0) is 11.3 Å². The Morgan fingerprint density at radius 2 is 2.25 bits per heavy atom. The van der Waals surface area contributed by atoms with Crippen LogP contribution in [0.3, 0.4) is 0 Å². The van der Waals surface area contributed by atoms with Crippen LogP contribution in [0.4, 0.5) is 0 Å². The number of hydrogen-bond acceptors (Lipinski definition) is 3. The number of likely N-dealkylation sites (N-methyl/N-ethyl adjacent to an activating group) is 1. The molecule has 0 unspecified atom stereocenters. The molecule has 0 amide bonds. The lowest BCUT2D eigenvalue weighted by molar-refractivity contribution is -0.132. The van der Waals surface area contributed by atoms with Gasteiger partial charge in [-0.2, -0.15) is 0 Å². The van der Waals surface area contributed by atoms with Gasteiger partial charge in [0, 0.05) is 12.1 Å². The lowest BCUT2D eigenvalue weighted by atomic mass is 10.3. The third-order valence-electron chi connectivity index (χ3n) is 2.27.